The van der Waals surface area contributed by atoms with Crippen molar-refractivity contribution in [2.45, 2.75) is 12.8 Å². The molecule has 0 aliphatic heterocycles. The molecule has 0 atom stereocenters. The summed E-state index contributed by atoms with van der Waals surface area (Å²) in [5, 5.41) is 0. The first-order valence-electron chi connectivity index (χ1n) is 4.06. The highest BCUT2D eigenvalue weighted by Crippen LogP contribution is 1.95. The van der Waals surface area contributed by atoms with Crippen LogP contribution in [0, 0.1) is 0 Å². The smallest absolute Gasteiger partial charge is 0.222 e. The maximum atomic E-state index is 11.2. The molecule has 0 N–H and O–H groups in total. The van der Waals surface area contributed by atoms with Crippen molar-refractivity contribution < 1.29 is 9.53 Å². The van der Waals surface area contributed by atoms with Crippen molar-refractivity contribution in [2.75, 3.05) is 27.3 Å². The number of hydrogen-bond acceptors (Lipinski definition) is 2. The standard InChI is InChI=1S/C9H17NO2/c1-4-5-6-9(11)10(2)7-8-12-3/h4H,1,5-8H2,2-3H3. The fraction of sp³-hybridized carbons (Fsp3) is 0.667. The number of likely N-dealkylation sites (N-methyl/N-ethyl adjacent to an activating group) is 1. The molecule has 0 radical (unpaired) electrons. The van der Waals surface area contributed by atoms with Gasteiger partial charge in [-0.25, -0.2) is 0 Å². The van der Waals surface area contributed by atoms with Gasteiger partial charge >= 0.3 is 0 Å². The minimum atomic E-state index is 0.145. The molecule has 3 heteroatoms. The van der Waals surface area contributed by atoms with E-state index in [1.165, 1.54) is 0 Å². The molecule has 0 aliphatic rings. The molecule has 0 aromatic heterocycles. The van der Waals surface area contributed by atoms with E-state index in [1.54, 1.807) is 25.1 Å². The predicted molar refractivity (Wildman–Crippen MR) is 48.9 cm³/mol. The summed E-state index contributed by atoms with van der Waals surface area (Å²) in [5.74, 6) is 0.145. The second-order valence-electron chi connectivity index (χ2n) is 2.64. The summed E-state index contributed by atoms with van der Waals surface area (Å²) in [6.45, 7) is 4.81. The van der Waals surface area contributed by atoms with E-state index < -0.39 is 0 Å². The average Bonchev–Trinajstić information content (AvgIpc) is 2.10. The molecule has 70 valence electrons. The van der Waals surface area contributed by atoms with Crippen LogP contribution in [0.1, 0.15) is 12.8 Å². The van der Waals surface area contributed by atoms with Crippen LogP contribution in [0.5, 0.6) is 0 Å². The second-order valence-corrected chi connectivity index (χ2v) is 2.64. The Balaban J connectivity index is 3.53. The number of amides is 1. The Bertz CT molecular complexity index is 145. The molecule has 0 aromatic carbocycles. The lowest BCUT2D eigenvalue weighted by molar-refractivity contribution is -0.130. The Labute approximate surface area is 74.0 Å². The summed E-state index contributed by atoms with van der Waals surface area (Å²) >= 11 is 0. The third kappa shape index (κ3) is 4.91. The van der Waals surface area contributed by atoms with Crippen molar-refractivity contribution in [3.63, 3.8) is 0 Å². The molecule has 0 fully saturated rings. The van der Waals surface area contributed by atoms with Gasteiger partial charge in [-0.3, -0.25) is 4.79 Å². The summed E-state index contributed by atoms with van der Waals surface area (Å²) < 4.78 is 4.85. The van der Waals surface area contributed by atoms with Crippen molar-refractivity contribution in [1.29, 1.82) is 0 Å². The summed E-state index contributed by atoms with van der Waals surface area (Å²) in [7, 11) is 3.41. The van der Waals surface area contributed by atoms with Gasteiger partial charge in [0, 0.05) is 27.1 Å². The summed E-state index contributed by atoms with van der Waals surface area (Å²) in [4.78, 5) is 12.9. The Morgan fingerprint density at radius 2 is 2.33 bits per heavy atom. The number of nitrogens with zero attached hydrogens (tertiary/aromatic N) is 1. The zero-order valence-electron chi connectivity index (χ0n) is 7.88. The van der Waals surface area contributed by atoms with E-state index in [2.05, 4.69) is 6.58 Å². The zero-order valence-corrected chi connectivity index (χ0v) is 7.88. The van der Waals surface area contributed by atoms with Gasteiger partial charge in [0.05, 0.1) is 6.61 Å². The molecule has 0 aliphatic carbocycles. The van der Waals surface area contributed by atoms with E-state index >= 15 is 0 Å². The molecule has 0 spiro atoms. The van der Waals surface area contributed by atoms with Crippen LogP contribution in [0.4, 0.5) is 0 Å². The van der Waals surface area contributed by atoms with Gasteiger partial charge in [0.25, 0.3) is 0 Å². The molecular weight excluding hydrogens is 154 g/mol. The van der Waals surface area contributed by atoms with Crippen LogP contribution < -0.4 is 0 Å². The van der Waals surface area contributed by atoms with E-state index in [4.69, 9.17) is 4.74 Å². The topological polar surface area (TPSA) is 29.5 Å². The summed E-state index contributed by atoms with van der Waals surface area (Å²) in [6, 6.07) is 0. The Morgan fingerprint density at radius 3 is 2.83 bits per heavy atom. The molecule has 3 nitrogen and oxygen atoms in total. The van der Waals surface area contributed by atoms with Crippen LogP contribution in [-0.4, -0.2) is 38.1 Å². The van der Waals surface area contributed by atoms with Crippen LogP contribution in [-0.2, 0) is 9.53 Å². The van der Waals surface area contributed by atoms with E-state index in [9.17, 15) is 4.79 Å². The molecule has 0 unspecified atom stereocenters. The zero-order chi connectivity index (χ0) is 9.40. The van der Waals surface area contributed by atoms with Crippen LogP contribution in [0.3, 0.4) is 0 Å². The van der Waals surface area contributed by atoms with Gasteiger partial charge in [-0.2, -0.15) is 0 Å². The Kier molecular flexibility index (Phi) is 6.38. The molecule has 0 bridgehead atoms. The van der Waals surface area contributed by atoms with Gasteiger partial charge in [-0.05, 0) is 6.42 Å². The predicted octanol–water partition coefficient (Wildman–Crippen LogP) is 1.06. The highest BCUT2D eigenvalue weighted by molar-refractivity contribution is 5.75. The summed E-state index contributed by atoms with van der Waals surface area (Å²) in [5.41, 5.74) is 0. The minimum Gasteiger partial charge on any atom is -0.383 e. The normalized spacial score (nSPS) is 9.50. The van der Waals surface area contributed by atoms with Gasteiger partial charge in [0.2, 0.25) is 5.91 Å². The molecule has 0 saturated heterocycles. The monoisotopic (exact) mass is 171 g/mol. The first-order valence-corrected chi connectivity index (χ1v) is 4.06. The van der Waals surface area contributed by atoms with Crippen LogP contribution in [0.15, 0.2) is 12.7 Å². The van der Waals surface area contributed by atoms with Crippen molar-refractivity contribution in [3.8, 4) is 0 Å². The van der Waals surface area contributed by atoms with Crippen molar-refractivity contribution in [2.24, 2.45) is 0 Å². The van der Waals surface area contributed by atoms with Gasteiger partial charge in [-0.15, -0.1) is 6.58 Å². The molecule has 0 heterocycles. The fourth-order valence-electron chi connectivity index (χ4n) is 0.769. The minimum absolute atomic E-state index is 0.145. The number of rotatable bonds is 6. The molecule has 0 aromatic rings. The van der Waals surface area contributed by atoms with Gasteiger partial charge in [-0.1, -0.05) is 6.08 Å². The first kappa shape index (κ1) is 11.2. The SMILES string of the molecule is C=CCCC(=O)N(C)CCOC. The maximum absolute atomic E-state index is 11.2. The molecule has 0 rings (SSSR count). The lowest BCUT2D eigenvalue weighted by Crippen LogP contribution is -2.29. The Morgan fingerprint density at radius 1 is 1.67 bits per heavy atom. The van der Waals surface area contributed by atoms with E-state index in [0.29, 0.717) is 19.6 Å². The summed E-state index contributed by atoms with van der Waals surface area (Å²) in [6.07, 6.45) is 3.04. The molecule has 1 amide bonds. The first-order chi connectivity index (χ1) is 5.72. The number of allylic oxidation sites excluding steroid dienone is 1. The van der Waals surface area contributed by atoms with Crippen molar-refractivity contribution in [1.82, 2.24) is 4.90 Å². The van der Waals surface area contributed by atoms with Crippen molar-refractivity contribution in [3.05, 3.63) is 12.7 Å². The lowest BCUT2D eigenvalue weighted by atomic mass is 10.3. The third-order valence-corrected chi connectivity index (χ3v) is 1.62. The maximum Gasteiger partial charge on any atom is 0.222 e. The highest BCUT2D eigenvalue weighted by Gasteiger charge is 2.05. The van der Waals surface area contributed by atoms with Crippen LogP contribution in [0.25, 0.3) is 0 Å². The quantitative estimate of drug-likeness (QED) is 0.559. The van der Waals surface area contributed by atoms with E-state index in [1.807, 2.05) is 0 Å². The number of carbonyl (C=O) groups is 1. The number of hydrogen-bond donors (Lipinski definition) is 0. The van der Waals surface area contributed by atoms with E-state index in [-0.39, 0.29) is 5.91 Å². The number of methoxy groups -OCH3 is 1. The fourth-order valence-corrected chi connectivity index (χ4v) is 0.769. The van der Waals surface area contributed by atoms with Crippen molar-refractivity contribution >= 4 is 5.91 Å². The second kappa shape index (κ2) is 6.85. The van der Waals surface area contributed by atoms with Gasteiger partial charge < -0.3 is 9.64 Å². The van der Waals surface area contributed by atoms with Crippen LogP contribution in [0.2, 0.25) is 0 Å². The lowest BCUT2D eigenvalue weighted by Gasteiger charge is -2.15. The van der Waals surface area contributed by atoms with Crippen LogP contribution >= 0.6 is 0 Å². The Hall–Kier alpha value is -0.830. The highest BCUT2D eigenvalue weighted by atomic mass is 16.5. The third-order valence-electron chi connectivity index (χ3n) is 1.62. The van der Waals surface area contributed by atoms with Gasteiger partial charge in [0.15, 0.2) is 0 Å². The number of carbonyl (C=O) groups excluding carboxylic acids is 1. The largest absolute Gasteiger partial charge is 0.383 e. The molecule has 12 heavy (non-hydrogen) atoms. The average molecular weight is 171 g/mol. The molecule has 0 saturated carbocycles. The van der Waals surface area contributed by atoms with Gasteiger partial charge in [0.1, 0.15) is 0 Å². The number of ether oxygens (including phenoxy) is 1. The van der Waals surface area contributed by atoms with E-state index in [0.717, 1.165) is 6.42 Å². The molecular formula is C9H17NO2.